The number of non-ortho nitro benzene ring substituents is 1. The van der Waals surface area contributed by atoms with Crippen LogP contribution in [-0.2, 0) is 9.59 Å². The van der Waals surface area contributed by atoms with E-state index in [1.165, 1.54) is 30.1 Å². The third kappa shape index (κ3) is 7.92. The first-order valence-electron chi connectivity index (χ1n) is 7.55. The van der Waals surface area contributed by atoms with Crippen molar-refractivity contribution in [2.75, 3.05) is 32.0 Å². The van der Waals surface area contributed by atoms with Gasteiger partial charge in [-0.05, 0) is 25.6 Å². The molecule has 8 nitrogen and oxygen atoms in total. The number of nitro groups is 1. The van der Waals surface area contributed by atoms with Crippen molar-refractivity contribution in [2.45, 2.75) is 19.5 Å². The van der Waals surface area contributed by atoms with Crippen LogP contribution >= 0.6 is 0 Å². The summed E-state index contributed by atoms with van der Waals surface area (Å²) in [6, 6.07) is 4.01. The van der Waals surface area contributed by atoms with E-state index in [2.05, 4.69) is 5.32 Å². The van der Waals surface area contributed by atoms with Crippen LogP contribution in [0.2, 0.25) is 0 Å². The lowest BCUT2D eigenvalue weighted by molar-refractivity contribution is -0.384. The molecule has 0 aromatic heterocycles. The number of nitrogens with zero attached hydrogens (tertiary/aromatic N) is 2. The van der Waals surface area contributed by atoms with Crippen LogP contribution in [0.25, 0.3) is 0 Å². The largest absolute Gasteiger partial charge is 0.405 e. The zero-order valence-corrected chi connectivity index (χ0v) is 14.2. The highest BCUT2D eigenvalue weighted by molar-refractivity contribution is 5.91. The minimum atomic E-state index is -4.48. The molecular weight excluding hydrogens is 357 g/mol. The van der Waals surface area contributed by atoms with Gasteiger partial charge in [-0.2, -0.15) is 13.2 Å². The summed E-state index contributed by atoms with van der Waals surface area (Å²) < 4.78 is 36.0. The summed E-state index contributed by atoms with van der Waals surface area (Å²) in [4.78, 5) is 34.8. The molecule has 0 radical (unpaired) electrons. The van der Waals surface area contributed by atoms with Gasteiger partial charge in [0.2, 0.25) is 11.8 Å². The number of carbonyl (C=O) groups is 2. The van der Waals surface area contributed by atoms with Crippen LogP contribution in [0.4, 0.5) is 24.5 Å². The molecule has 0 unspecified atom stereocenters. The molecule has 26 heavy (non-hydrogen) atoms. The second-order valence-electron chi connectivity index (χ2n) is 5.68. The molecule has 0 aliphatic heterocycles. The SMILES string of the molecule is Cc1cc([N+](=O)[O-])ccc1NC(=O)CCN(C)CC(=O)NCC(F)(F)F. The fourth-order valence-corrected chi connectivity index (χ4v) is 1.99. The predicted octanol–water partition coefficient (Wildman–Crippen LogP) is 1.84. The number of likely N-dealkylation sites (N-methyl/N-ethyl adjacent to an activating group) is 1. The van der Waals surface area contributed by atoms with Crippen molar-refractivity contribution in [3.05, 3.63) is 33.9 Å². The molecule has 1 aromatic carbocycles. The zero-order chi connectivity index (χ0) is 19.9. The Balaban J connectivity index is 2.42. The van der Waals surface area contributed by atoms with E-state index in [9.17, 15) is 32.9 Å². The van der Waals surface area contributed by atoms with E-state index in [1.54, 1.807) is 12.2 Å². The molecule has 0 fully saturated rings. The molecule has 0 aliphatic carbocycles. The molecule has 0 heterocycles. The molecule has 1 aromatic rings. The van der Waals surface area contributed by atoms with Crippen LogP contribution in [0.15, 0.2) is 18.2 Å². The van der Waals surface area contributed by atoms with Crippen molar-refractivity contribution >= 4 is 23.2 Å². The average molecular weight is 376 g/mol. The summed E-state index contributed by atoms with van der Waals surface area (Å²) in [5.74, 6) is -1.18. The van der Waals surface area contributed by atoms with E-state index in [1.807, 2.05) is 0 Å². The van der Waals surface area contributed by atoms with Gasteiger partial charge in [-0.3, -0.25) is 24.6 Å². The smallest absolute Gasteiger partial charge is 0.346 e. The van der Waals surface area contributed by atoms with E-state index in [-0.39, 0.29) is 31.1 Å². The fraction of sp³-hybridized carbons (Fsp3) is 0.467. The predicted molar refractivity (Wildman–Crippen MR) is 87.6 cm³/mol. The molecule has 2 amide bonds. The van der Waals surface area contributed by atoms with Gasteiger partial charge in [0.05, 0.1) is 11.5 Å². The number of nitrogens with one attached hydrogen (secondary N) is 2. The van der Waals surface area contributed by atoms with E-state index < -0.39 is 23.6 Å². The van der Waals surface area contributed by atoms with Crippen molar-refractivity contribution in [1.29, 1.82) is 0 Å². The number of halogens is 3. The van der Waals surface area contributed by atoms with Crippen molar-refractivity contribution in [3.8, 4) is 0 Å². The maximum atomic E-state index is 12.0. The van der Waals surface area contributed by atoms with E-state index in [0.29, 0.717) is 11.3 Å². The number of amides is 2. The summed E-state index contributed by atoms with van der Waals surface area (Å²) in [6.07, 6.45) is -4.48. The summed E-state index contributed by atoms with van der Waals surface area (Å²) in [5.41, 5.74) is 0.851. The van der Waals surface area contributed by atoms with Crippen LogP contribution in [-0.4, -0.2) is 54.5 Å². The first-order valence-corrected chi connectivity index (χ1v) is 7.55. The molecule has 0 spiro atoms. The lowest BCUT2D eigenvalue weighted by Gasteiger charge is -2.16. The van der Waals surface area contributed by atoms with Crippen LogP contribution in [0.5, 0.6) is 0 Å². The second kappa shape index (κ2) is 9.13. The van der Waals surface area contributed by atoms with E-state index >= 15 is 0 Å². The molecular formula is C15H19F3N4O4. The Hall–Kier alpha value is -2.69. The van der Waals surface area contributed by atoms with E-state index in [0.717, 1.165) is 0 Å². The molecule has 144 valence electrons. The third-order valence-electron chi connectivity index (χ3n) is 3.32. The van der Waals surface area contributed by atoms with Crippen molar-refractivity contribution in [1.82, 2.24) is 10.2 Å². The normalized spacial score (nSPS) is 11.3. The van der Waals surface area contributed by atoms with Gasteiger partial charge in [0.15, 0.2) is 0 Å². The highest BCUT2D eigenvalue weighted by atomic mass is 19.4. The first-order chi connectivity index (χ1) is 12.0. The Morgan fingerprint density at radius 2 is 1.92 bits per heavy atom. The minimum Gasteiger partial charge on any atom is -0.346 e. The van der Waals surface area contributed by atoms with Crippen LogP contribution < -0.4 is 10.6 Å². The van der Waals surface area contributed by atoms with Crippen LogP contribution in [0.1, 0.15) is 12.0 Å². The van der Waals surface area contributed by atoms with Gasteiger partial charge in [0.1, 0.15) is 6.54 Å². The Labute approximate surface area is 147 Å². The summed E-state index contributed by atoms with van der Waals surface area (Å²) in [5, 5.41) is 15.0. The van der Waals surface area contributed by atoms with Crippen molar-refractivity contribution < 1.29 is 27.7 Å². The summed E-state index contributed by atoms with van der Waals surface area (Å²) >= 11 is 0. The summed E-state index contributed by atoms with van der Waals surface area (Å²) in [7, 11) is 1.50. The van der Waals surface area contributed by atoms with Gasteiger partial charge in [0.25, 0.3) is 5.69 Å². The summed E-state index contributed by atoms with van der Waals surface area (Å²) in [6.45, 7) is 0.0799. The fourth-order valence-electron chi connectivity index (χ4n) is 1.99. The standard InChI is InChI=1S/C15H19F3N4O4/c1-10-7-11(22(25)26)3-4-12(10)20-13(23)5-6-21(2)8-14(24)19-9-15(16,17)18/h3-4,7H,5-6,8-9H2,1-2H3,(H,19,24)(H,20,23). The third-order valence-corrected chi connectivity index (χ3v) is 3.32. The molecule has 0 saturated carbocycles. The van der Waals surface area contributed by atoms with Crippen LogP contribution in [0, 0.1) is 17.0 Å². The monoisotopic (exact) mass is 376 g/mol. The topological polar surface area (TPSA) is 105 Å². The van der Waals surface area contributed by atoms with Crippen molar-refractivity contribution in [2.24, 2.45) is 0 Å². The number of anilines is 1. The maximum Gasteiger partial charge on any atom is 0.405 e. The molecule has 0 aliphatic rings. The Morgan fingerprint density at radius 3 is 2.46 bits per heavy atom. The molecule has 0 saturated heterocycles. The van der Waals surface area contributed by atoms with Crippen molar-refractivity contribution in [3.63, 3.8) is 0 Å². The zero-order valence-electron chi connectivity index (χ0n) is 14.2. The number of carbonyl (C=O) groups excluding carboxylic acids is 2. The minimum absolute atomic E-state index is 0.000517. The number of aryl methyl sites for hydroxylation is 1. The molecule has 1 rings (SSSR count). The van der Waals surface area contributed by atoms with E-state index in [4.69, 9.17) is 0 Å². The highest BCUT2D eigenvalue weighted by Gasteiger charge is 2.27. The second-order valence-corrected chi connectivity index (χ2v) is 5.68. The lowest BCUT2D eigenvalue weighted by atomic mass is 10.1. The molecule has 0 bridgehead atoms. The molecule has 11 heteroatoms. The molecule has 2 N–H and O–H groups in total. The number of hydrogen-bond donors (Lipinski definition) is 2. The number of benzene rings is 1. The number of alkyl halides is 3. The average Bonchev–Trinajstić information content (AvgIpc) is 2.52. The lowest BCUT2D eigenvalue weighted by Crippen LogP contribution is -2.40. The van der Waals surface area contributed by atoms with Gasteiger partial charge in [0, 0.05) is 30.8 Å². The van der Waals surface area contributed by atoms with Gasteiger partial charge >= 0.3 is 6.18 Å². The van der Waals surface area contributed by atoms with Gasteiger partial charge in [-0.1, -0.05) is 0 Å². The van der Waals surface area contributed by atoms with Gasteiger partial charge in [-0.25, -0.2) is 0 Å². The van der Waals surface area contributed by atoms with Gasteiger partial charge in [-0.15, -0.1) is 0 Å². The Kier molecular flexibility index (Phi) is 7.50. The first kappa shape index (κ1) is 21.4. The Bertz CT molecular complexity index is 679. The molecule has 0 atom stereocenters. The quantitative estimate of drug-likeness (QED) is 0.532. The number of nitro benzene ring substituents is 1. The number of hydrogen-bond acceptors (Lipinski definition) is 5. The van der Waals surface area contributed by atoms with Gasteiger partial charge < -0.3 is 10.6 Å². The maximum absolute atomic E-state index is 12.0. The Morgan fingerprint density at radius 1 is 1.27 bits per heavy atom. The highest BCUT2D eigenvalue weighted by Crippen LogP contribution is 2.21. The number of rotatable bonds is 8. The van der Waals surface area contributed by atoms with Crippen LogP contribution in [0.3, 0.4) is 0 Å².